The van der Waals surface area contributed by atoms with E-state index in [4.69, 9.17) is 4.74 Å². The third-order valence-electron chi connectivity index (χ3n) is 3.45. The predicted octanol–water partition coefficient (Wildman–Crippen LogP) is 2.78. The van der Waals surface area contributed by atoms with Gasteiger partial charge in [-0.15, -0.1) is 0 Å². The normalized spacial score (nSPS) is 19.4. The molecular formula is C14H19BrN2O2. The second kappa shape index (κ2) is 5.84. The van der Waals surface area contributed by atoms with Crippen LogP contribution >= 0.6 is 15.9 Å². The van der Waals surface area contributed by atoms with E-state index in [1.807, 2.05) is 0 Å². The van der Waals surface area contributed by atoms with Gasteiger partial charge in [-0.3, -0.25) is 4.90 Å². The van der Waals surface area contributed by atoms with Gasteiger partial charge in [0.1, 0.15) is 11.5 Å². The summed E-state index contributed by atoms with van der Waals surface area (Å²) in [5.74, 6) is 0.761. The minimum Gasteiger partial charge on any atom is -0.507 e. The fourth-order valence-corrected chi connectivity index (χ4v) is 2.90. The van der Waals surface area contributed by atoms with E-state index in [9.17, 15) is 5.11 Å². The summed E-state index contributed by atoms with van der Waals surface area (Å²) in [4.78, 5) is 2.24. The van der Waals surface area contributed by atoms with Crippen LogP contribution in [0.1, 0.15) is 18.4 Å². The number of phenolic OH excluding ortho intramolecular Hbond substituents is 1. The Morgan fingerprint density at radius 1 is 1.58 bits per heavy atom. The van der Waals surface area contributed by atoms with Crippen molar-refractivity contribution in [3.8, 4) is 11.5 Å². The summed E-state index contributed by atoms with van der Waals surface area (Å²) in [6.07, 6.45) is 2.51. The first-order valence-electron chi connectivity index (χ1n) is 6.26. The lowest BCUT2D eigenvalue weighted by Gasteiger charge is -2.24. The number of phenols is 1. The van der Waals surface area contributed by atoms with Crippen LogP contribution in [0.4, 0.5) is 0 Å². The SMILES string of the molecule is C=C(NC1CCCN1C)c1c(O)ccc(Br)c1OC. The zero-order valence-corrected chi connectivity index (χ0v) is 12.8. The summed E-state index contributed by atoms with van der Waals surface area (Å²) >= 11 is 3.42. The third kappa shape index (κ3) is 2.87. The van der Waals surface area contributed by atoms with Crippen LogP contribution in [-0.4, -0.2) is 36.9 Å². The van der Waals surface area contributed by atoms with Gasteiger partial charge in [0, 0.05) is 5.70 Å². The minimum atomic E-state index is 0.165. The maximum Gasteiger partial charge on any atom is 0.146 e. The first-order chi connectivity index (χ1) is 9.04. The molecule has 1 atom stereocenters. The summed E-state index contributed by atoms with van der Waals surface area (Å²) < 4.78 is 6.14. The molecular weight excluding hydrogens is 308 g/mol. The first-order valence-corrected chi connectivity index (χ1v) is 7.05. The van der Waals surface area contributed by atoms with Gasteiger partial charge in [0.2, 0.25) is 0 Å². The Bertz CT molecular complexity index is 491. The molecule has 5 heteroatoms. The number of likely N-dealkylation sites (tertiary alicyclic amines) is 1. The van der Waals surface area contributed by atoms with Gasteiger partial charge >= 0.3 is 0 Å². The van der Waals surface area contributed by atoms with Crippen LogP contribution in [0.2, 0.25) is 0 Å². The Morgan fingerprint density at radius 3 is 2.89 bits per heavy atom. The highest BCUT2D eigenvalue weighted by Gasteiger charge is 2.23. The molecule has 1 aliphatic rings. The standard InChI is InChI=1S/C14H19BrN2O2/c1-9(16-12-5-4-8-17(12)2)13-11(18)7-6-10(15)14(13)19-3/h6-7,12,16,18H,1,4-5,8H2,2-3H3. The van der Waals surface area contributed by atoms with Gasteiger partial charge in [-0.05, 0) is 54.5 Å². The summed E-state index contributed by atoms with van der Waals surface area (Å²) in [5, 5.41) is 13.4. The molecule has 0 spiro atoms. The zero-order valence-electron chi connectivity index (χ0n) is 11.2. The van der Waals surface area contributed by atoms with Gasteiger partial charge in [0.25, 0.3) is 0 Å². The lowest BCUT2D eigenvalue weighted by molar-refractivity contribution is 0.290. The minimum absolute atomic E-state index is 0.165. The lowest BCUT2D eigenvalue weighted by atomic mass is 10.1. The number of nitrogens with one attached hydrogen (secondary N) is 1. The molecule has 1 aromatic rings. The molecule has 4 nitrogen and oxygen atoms in total. The summed E-state index contributed by atoms with van der Waals surface area (Å²) in [5.41, 5.74) is 1.28. The molecule has 0 radical (unpaired) electrons. The molecule has 19 heavy (non-hydrogen) atoms. The smallest absolute Gasteiger partial charge is 0.146 e. The number of ether oxygens (including phenoxy) is 1. The van der Waals surface area contributed by atoms with Gasteiger partial charge in [-0.25, -0.2) is 0 Å². The number of halogens is 1. The highest BCUT2D eigenvalue weighted by molar-refractivity contribution is 9.10. The first kappa shape index (κ1) is 14.2. The van der Waals surface area contributed by atoms with Crippen molar-refractivity contribution in [1.29, 1.82) is 0 Å². The van der Waals surface area contributed by atoms with Crippen molar-refractivity contribution in [3.05, 3.63) is 28.7 Å². The molecule has 1 unspecified atom stereocenters. The molecule has 2 N–H and O–H groups in total. The van der Waals surface area contributed by atoms with Crippen molar-refractivity contribution in [3.63, 3.8) is 0 Å². The van der Waals surface area contributed by atoms with Crippen molar-refractivity contribution < 1.29 is 9.84 Å². The van der Waals surface area contributed by atoms with E-state index in [0.717, 1.165) is 17.4 Å². The topological polar surface area (TPSA) is 44.7 Å². The van der Waals surface area contributed by atoms with Crippen LogP contribution in [0, 0.1) is 0 Å². The van der Waals surface area contributed by atoms with E-state index in [2.05, 4.69) is 39.8 Å². The Labute approximate surface area is 122 Å². The van der Waals surface area contributed by atoms with Gasteiger partial charge in [0.05, 0.1) is 23.3 Å². The number of rotatable bonds is 4. The average Bonchev–Trinajstić information content (AvgIpc) is 2.77. The molecule has 0 saturated carbocycles. The summed E-state index contributed by atoms with van der Waals surface area (Å²) in [6.45, 7) is 5.11. The van der Waals surface area contributed by atoms with Crippen LogP contribution in [-0.2, 0) is 0 Å². The van der Waals surface area contributed by atoms with E-state index < -0.39 is 0 Å². The Balaban J connectivity index is 2.25. The number of hydrogen-bond donors (Lipinski definition) is 2. The molecule has 1 aromatic carbocycles. The molecule has 0 aromatic heterocycles. The van der Waals surface area contributed by atoms with Crippen molar-refractivity contribution in [2.75, 3.05) is 20.7 Å². The molecule has 1 fully saturated rings. The van der Waals surface area contributed by atoms with E-state index in [-0.39, 0.29) is 11.9 Å². The molecule has 1 heterocycles. The largest absolute Gasteiger partial charge is 0.507 e. The van der Waals surface area contributed by atoms with Crippen molar-refractivity contribution in [2.45, 2.75) is 19.0 Å². The highest BCUT2D eigenvalue weighted by Crippen LogP contribution is 2.38. The van der Waals surface area contributed by atoms with E-state index in [0.29, 0.717) is 17.0 Å². The number of nitrogens with zero attached hydrogens (tertiary/aromatic N) is 1. The molecule has 1 saturated heterocycles. The number of benzene rings is 1. The number of methoxy groups -OCH3 is 1. The van der Waals surface area contributed by atoms with Gasteiger partial charge in [-0.2, -0.15) is 0 Å². The maximum atomic E-state index is 10.0. The van der Waals surface area contributed by atoms with E-state index >= 15 is 0 Å². The lowest BCUT2D eigenvalue weighted by Crippen LogP contribution is -2.37. The monoisotopic (exact) mass is 326 g/mol. The second-order valence-corrected chi connectivity index (χ2v) is 5.59. The van der Waals surface area contributed by atoms with Gasteiger partial charge in [0.15, 0.2) is 0 Å². The van der Waals surface area contributed by atoms with E-state index in [1.165, 1.54) is 6.42 Å². The Hall–Kier alpha value is -1.20. The van der Waals surface area contributed by atoms with Crippen LogP contribution in [0.5, 0.6) is 11.5 Å². The predicted molar refractivity (Wildman–Crippen MR) is 80.2 cm³/mol. The van der Waals surface area contributed by atoms with Crippen molar-refractivity contribution >= 4 is 21.6 Å². The second-order valence-electron chi connectivity index (χ2n) is 4.74. The fourth-order valence-electron chi connectivity index (χ4n) is 2.40. The van der Waals surface area contributed by atoms with Crippen LogP contribution < -0.4 is 10.1 Å². The molecule has 104 valence electrons. The van der Waals surface area contributed by atoms with Crippen molar-refractivity contribution in [2.24, 2.45) is 0 Å². The van der Waals surface area contributed by atoms with Gasteiger partial charge in [-0.1, -0.05) is 6.58 Å². The Morgan fingerprint density at radius 2 is 2.32 bits per heavy atom. The molecule has 2 rings (SSSR count). The van der Waals surface area contributed by atoms with E-state index in [1.54, 1.807) is 19.2 Å². The third-order valence-corrected chi connectivity index (χ3v) is 4.08. The van der Waals surface area contributed by atoms with Crippen LogP contribution in [0.15, 0.2) is 23.2 Å². The van der Waals surface area contributed by atoms with Gasteiger partial charge < -0.3 is 15.2 Å². The maximum absolute atomic E-state index is 10.0. The van der Waals surface area contributed by atoms with Crippen LogP contribution in [0.25, 0.3) is 5.70 Å². The summed E-state index contributed by atoms with van der Waals surface area (Å²) in [6, 6.07) is 3.39. The fraction of sp³-hybridized carbons (Fsp3) is 0.429. The highest BCUT2D eigenvalue weighted by atomic mass is 79.9. The number of aromatic hydroxyl groups is 1. The van der Waals surface area contributed by atoms with Crippen molar-refractivity contribution in [1.82, 2.24) is 10.2 Å². The summed E-state index contributed by atoms with van der Waals surface area (Å²) in [7, 11) is 3.66. The molecule has 0 bridgehead atoms. The zero-order chi connectivity index (χ0) is 14.0. The quantitative estimate of drug-likeness (QED) is 0.893. The number of hydrogen-bond acceptors (Lipinski definition) is 4. The molecule has 0 aliphatic carbocycles. The Kier molecular flexibility index (Phi) is 4.37. The van der Waals surface area contributed by atoms with Crippen LogP contribution in [0.3, 0.4) is 0 Å². The average molecular weight is 327 g/mol. The molecule has 1 aliphatic heterocycles. The molecule has 0 amide bonds.